The van der Waals surface area contributed by atoms with E-state index in [4.69, 9.17) is 21.7 Å². The number of thiocarbonyl (C=S) groups is 1. The maximum absolute atomic E-state index is 13.1. The predicted molar refractivity (Wildman–Crippen MR) is 143 cm³/mol. The fourth-order valence-electron chi connectivity index (χ4n) is 3.39. The third kappa shape index (κ3) is 6.49. The molecule has 35 heavy (non-hydrogen) atoms. The van der Waals surface area contributed by atoms with Gasteiger partial charge in [-0.05, 0) is 60.5 Å². The molecular formula is C27H24N2O4S2. The Bertz CT molecular complexity index is 1240. The summed E-state index contributed by atoms with van der Waals surface area (Å²) in [6.07, 6.45) is 1.77. The van der Waals surface area contributed by atoms with E-state index in [0.717, 1.165) is 16.9 Å². The summed E-state index contributed by atoms with van der Waals surface area (Å²) in [4.78, 5) is 27.2. The predicted octanol–water partition coefficient (Wildman–Crippen LogP) is 5.19. The minimum atomic E-state index is -0.213. The quantitative estimate of drug-likeness (QED) is 0.320. The molecule has 1 heterocycles. The molecule has 2 amide bonds. The van der Waals surface area contributed by atoms with Crippen molar-refractivity contribution >= 4 is 51.9 Å². The minimum absolute atomic E-state index is 0.101. The number of rotatable bonds is 9. The molecule has 3 aromatic rings. The number of hydrogen-bond acceptors (Lipinski definition) is 6. The molecule has 4 rings (SSSR count). The zero-order chi connectivity index (χ0) is 24.6. The number of nitrogens with one attached hydrogen (secondary N) is 1. The van der Waals surface area contributed by atoms with Crippen molar-refractivity contribution in [1.82, 2.24) is 5.32 Å². The van der Waals surface area contributed by atoms with Crippen LogP contribution < -0.4 is 19.7 Å². The summed E-state index contributed by atoms with van der Waals surface area (Å²) >= 11 is 6.71. The first-order valence-corrected chi connectivity index (χ1v) is 12.3. The summed E-state index contributed by atoms with van der Waals surface area (Å²) in [5, 5.41) is 2.83. The maximum Gasteiger partial charge on any atom is 0.270 e. The maximum atomic E-state index is 13.1. The zero-order valence-electron chi connectivity index (χ0n) is 19.1. The number of carbonyl (C=O) groups is 2. The van der Waals surface area contributed by atoms with Gasteiger partial charge in [-0.2, -0.15) is 0 Å². The average Bonchev–Trinajstić information content (AvgIpc) is 3.15. The van der Waals surface area contributed by atoms with Crippen molar-refractivity contribution in [2.75, 3.05) is 18.1 Å². The number of hydrogen-bond donors (Lipinski definition) is 1. The Kier molecular flexibility index (Phi) is 8.18. The molecule has 1 aliphatic rings. The number of amides is 2. The van der Waals surface area contributed by atoms with Crippen molar-refractivity contribution in [2.24, 2.45) is 0 Å². The topological polar surface area (TPSA) is 67.9 Å². The van der Waals surface area contributed by atoms with Crippen LogP contribution in [0.4, 0.5) is 5.69 Å². The Labute approximate surface area is 213 Å². The number of carbonyl (C=O) groups excluding carboxylic acids is 2. The molecule has 3 aromatic carbocycles. The minimum Gasteiger partial charge on any atom is -0.494 e. The van der Waals surface area contributed by atoms with Gasteiger partial charge in [-0.25, -0.2) is 0 Å². The highest BCUT2D eigenvalue weighted by molar-refractivity contribution is 8.27. The first-order chi connectivity index (χ1) is 17.0. The molecule has 0 unspecified atom stereocenters. The molecule has 6 nitrogen and oxygen atoms in total. The third-order valence-corrected chi connectivity index (χ3v) is 6.36. The van der Waals surface area contributed by atoms with Crippen molar-refractivity contribution in [3.05, 3.63) is 94.9 Å². The lowest BCUT2D eigenvalue weighted by atomic mass is 10.2. The van der Waals surface area contributed by atoms with Crippen LogP contribution in [0.15, 0.2) is 83.8 Å². The SMILES string of the molecule is CCOc1ccc(N2C(=O)/C(=C/c3cccc(OCC(=O)NCc4ccccc4)c3)SC2=S)cc1. The summed E-state index contributed by atoms with van der Waals surface area (Å²) in [5.74, 6) is 0.879. The van der Waals surface area contributed by atoms with Gasteiger partial charge in [-0.3, -0.25) is 14.5 Å². The van der Waals surface area contributed by atoms with E-state index in [1.165, 1.54) is 16.7 Å². The second-order valence-electron chi connectivity index (χ2n) is 7.57. The standard InChI is InChI=1S/C27H24N2O4S2/c1-2-32-22-13-11-21(12-14-22)29-26(31)24(35-27(29)34)16-20-9-6-10-23(15-20)33-18-25(30)28-17-19-7-4-3-5-8-19/h3-16H,2,17-18H2,1H3,(H,28,30)/b24-16-. The fourth-order valence-corrected chi connectivity index (χ4v) is 4.69. The number of thioether (sulfide) groups is 1. The van der Waals surface area contributed by atoms with E-state index >= 15 is 0 Å². The van der Waals surface area contributed by atoms with E-state index in [0.29, 0.717) is 33.8 Å². The van der Waals surface area contributed by atoms with E-state index in [1.807, 2.05) is 73.7 Å². The van der Waals surface area contributed by atoms with Crippen molar-refractivity contribution < 1.29 is 19.1 Å². The lowest BCUT2D eigenvalue weighted by Gasteiger charge is -2.15. The molecule has 0 spiro atoms. The van der Waals surface area contributed by atoms with Crippen LogP contribution in [-0.2, 0) is 16.1 Å². The van der Waals surface area contributed by atoms with E-state index < -0.39 is 0 Å². The van der Waals surface area contributed by atoms with Gasteiger partial charge in [-0.1, -0.05) is 66.4 Å². The van der Waals surface area contributed by atoms with E-state index in [1.54, 1.807) is 18.2 Å². The highest BCUT2D eigenvalue weighted by Crippen LogP contribution is 2.36. The van der Waals surface area contributed by atoms with E-state index in [-0.39, 0.29) is 18.4 Å². The van der Waals surface area contributed by atoms with Crippen molar-refractivity contribution in [1.29, 1.82) is 0 Å². The zero-order valence-corrected chi connectivity index (χ0v) is 20.7. The normalized spacial score (nSPS) is 14.3. The van der Waals surface area contributed by atoms with Crippen LogP contribution in [0.3, 0.4) is 0 Å². The molecule has 1 fully saturated rings. The number of anilines is 1. The summed E-state index contributed by atoms with van der Waals surface area (Å²) in [6.45, 7) is 2.83. The van der Waals surface area contributed by atoms with Gasteiger partial charge in [0.05, 0.1) is 17.2 Å². The fraction of sp³-hybridized carbons (Fsp3) is 0.148. The summed E-state index contributed by atoms with van der Waals surface area (Å²) in [5.41, 5.74) is 2.49. The first-order valence-electron chi connectivity index (χ1n) is 11.1. The smallest absolute Gasteiger partial charge is 0.270 e. The Morgan fingerprint density at radius 1 is 1.00 bits per heavy atom. The number of ether oxygens (including phenoxy) is 2. The van der Waals surface area contributed by atoms with Crippen molar-refractivity contribution in [2.45, 2.75) is 13.5 Å². The molecule has 0 bridgehead atoms. The van der Waals surface area contributed by atoms with Crippen LogP contribution in [0.2, 0.25) is 0 Å². The molecule has 1 aliphatic heterocycles. The highest BCUT2D eigenvalue weighted by atomic mass is 32.2. The summed E-state index contributed by atoms with van der Waals surface area (Å²) in [7, 11) is 0. The number of nitrogens with zero attached hydrogens (tertiary/aromatic N) is 1. The Morgan fingerprint density at radius 2 is 1.77 bits per heavy atom. The second-order valence-corrected chi connectivity index (χ2v) is 9.24. The molecule has 8 heteroatoms. The molecule has 178 valence electrons. The van der Waals surface area contributed by atoms with Crippen LogP contribution in [-0.4, -0.2) is 29.3 Å². The Balaban J connectivity index is 1.37. The largest absolute Gasteiger partial charge is 0.494 e. The van der Waals surface area contributed by atoms with Gasteiger partial charge < -0.3 is 14.8 Å². The molecule has 0 saturated carbocycles. The van der Waals surface area contributed by atoms with Crippen LogP contribution in [0.25, 0.3) is 6.08 Å². The average molecular weight is 505 g/mol. The Morgan fingerprint density at radius 3 is 2.51 bits per heavy atom. The lowest BCUT2D eigenvalue weighted by Crippen LogP contribution is -2.28. The van der Waals surface area contributed by atoms with Gasteiger partial charge in [-0.15, -0.1) is 0 Å². The van der Waals surface area contributed by atoms with Crippen LogP contribution >= 0.6 is 24.0 Å². The van der Waals surface area contributed by atoms with Gasteiger partial charge in [0.2, 0.25) is 0 Å². The second kappa shape index (κ2) is 11.7. The lowest BCUT2D eigenvalue weighted by molar-refractivity contribution is -0.123. The molecule has 0 aliphatic carbocycles. The van der Waals surface area contributed by atoms with Gasteiger partial charge in [0, 0.05) is 6.54 Å². The molecule has 1 saturated heterocycles. The van der Waals surface area contributed by atoms with E-state index in [9.17, 15) is 9.59 Å². The molecule has 0 aromatic heterocycles. The van der Waals surface area contributed by atoms with Gasteiger partial charge >= 0.3 is 0 Å². The van der Waals surface area contributed by atoms with E-state index in [2.05, 4.69) is 5.32 Å². The van der Waals surface area contributed by atoms with Crippen LogP contribution in [0, 0.1) is 0 Å². The van der Waals surface area contributed by atoms with Crippen molar-refractivity contribution in [3.63, 3.8) is 0 Å². The van der Waals surface area contributed by atoms with Gasteiger partial charge in [0.15, 0.2) is 10.9 Å². The van der Waals surface area contributed by atoms with Crippen LogP contribution in [0.1, 0.15) is 18.1 Å². The summed E-state index contributed by atoms with van der Waals surface area (Å²) in [6, 6.07) is 24.2. The summed E-state index contributed by atoms with van der Waals surface area (Å²) < 4.78 is 11.6. The Hall–Kier alpha value is -3.62. The molecular weight excluding hydrogens is 480 g/mol. The number of benzene rings is 3. The monoisotopic (exact) mass is 504 g/mol. The van der Waals surface area contributed by atoms with Gasteiger partial charge in [0.1, 0.15) is 11.5 Å². The highest BCUT2D eigenvalue weighted by Gasteiger charge is 2.33. The molecule has 1 N–H and O–H groups in total. The molecule has 0 atom stereocenters. The first kappa shape index (κ1) is 24.5. The molecule has 0 radical (unpaired) electrons. The van der Waals surface area contributed by atoms with Gasteiger partial charge in [0.25, 0.3) is 11.8 Å². The third-order valence-electron chi connectivity index (χ3n) is 5.06. The van der Waals surface area contributed by atoms with Crippen molar-refractivity contribution in [3.8, 4) is 11.5 Å². The van der Waals surface area contributed by atoms with Crippen LogP contribution in [0.5, 0.6) is 11.5 Å².